The third kappa shape index (κ3) is 6.55. The molecular weight excluding hydrogens is 214 g/mol. The largest absolute Gasteiger partial charge is 0.480 e. The number of aliphatic carboxylic acids is 1. The summed E-state index contributed by atoms with van der Waals surface area (Å²) in [5.41, 5.74) is 4.85. The third-order valence-electron chi connectivity index (χ3n) is 1.61. The minimum atomic E-state index is -1.30. The van der Waals surface area contributed by atoms with Gasteiger partial charge >= 0.3 is 5.97 Å². The van der Waals surface area contributed by atoms with Crippen LogP contribution in [0, 0.1) is 0 Å². The number of nitrogens with one attached hydrogen (secondary N) is 2. The van der Waals surface area contributed by atoms with Crippen molar-refractivity contribution in [3.8, 4) is 0 Å². The Morgan fingerprint density at radius 3 is 2.50 bits per heavy atom. The lowest BCUT2D eigenvalue weighted by Crippen LogP contribution is -2.46. The van der Waals surface area contributed by atoms with Crippen molar-refractivity contribution in [3.63, 3.8) is 0 Å². The van der Waals surface area contributed by atoms with Crippen LogP contribution in [0.5, 0.6) is 0 Å². The Bertz CT molecular complexity index is 290. The molecular formula is C9H15N3O4. The summed E-state index contributed by atoms with van der Waals surface area (Å²) in [5, 5.41) is 13.5. The number of amides is 2. The minimum Gasteiger partial charge on any atom is -0.480 e. The number of hydrogen-bond acceptors (Lipinski definition) is 4. The summed E-state index contributed by atoms with van der Waals surface area (Å²) in [5.74, 6) is -2.60. The fraction of sp³-hybridized carbons (Fsp3) is 0.444. The highest BCUT2D eigenvalue weighted by Gasteiger charge is 2.21. The number of carbonyl (C=O) groups is 3. The molecule has 0 spiro atoms. The molecule has 0 rings (SSSR count). The molecule has 0 aromatic carbocycles. The van der Waals surface area contributed by atoms with Gasteiger partial charge in [0.1, 0.15) is 6.04 Å². The second-order valence-corrected chi connectivity index (χ2v) is 3.05. The lowest BCUT2D eigenvalue weighted by molar-refractivity contribution is -0.143. The van der Waals surface area contributed by atoms with Gasteiger partial charge in [-0.15, -0.1) is 6.58 Å². The van der Waals surface area contributed by atoms with Crippen molar-refractivity contribution in [1.29, 1.82) is 0 Å². The third-order valence-corrected chi connectivity index (χ3v) is 1.61. The van der Waals surface area contributed by atoms with E-state index < -0.39 is 30.2 Å². The van der Waals surface area contributed by atoms with Crippen LogP contribution in [0.15, 0.2) is 12.7 Å². The molecule has 0 aliphatic carbocycles. The Morgan fingerprint density at radius 1 is 1.44 bits per heavy atom. The fourth-order valence-corrected chi connectivity index (χ4v) is 0.934. The zero-order chi connectivity index (χ0) is 12.6. The van der Waals surface area contributed by atoms with E-state index in [0.29, 0.717) is 6.54 Å². The van der Waals surface area contributed by atoms with Crippen molar-refractivity contribution in [1.82, 2.24) is 10.6 Å². The van der Waals surface area contributed by atoms with Crippen molar-refractivity contribution < 1.29 is 19.5 Å². The molecule has 0 bridgehead atoms. The van der Waals surface area contributed by atoms with Gasteiger partial charge in [0.25, 0.3) is 0 Å². The highest BCUT2D eigenvalue weighted by atomic mass is 16.4. The molecule has 0 aliphatic rings. The van der Waals surface area contributed by atoms with E-state index in [9.17, 15) is 14.4 Å². The van der Waals surface area contributed by atoms with Gasteiger partial charge in [-0.3, -0.25) is 9.59 Å². The van der Waals surface area contributed by atoms with Gasteiger partial charge in [0.05, 0.1) is 13.0 Å². The molecule has 0 aromatic rings. The van der Waals surface area contributed by atoms with E-state index in [-0.39, 0.29) is 6.54 Å². The molecule has 16 heavy (non-hydrogen) atoms. The van der Waals surface area contributed by atoms with Crippen molar-refractivity contribution in [2.75, 3.05) is 13.1 Å². The van der Waals surface area contributed by atoms with E-state index in [1.807, 2.05) is 0 Å². The van der Waals surface area contributed by atoms with Crippen molar-refractivity contribution >= 4 is 17.8 Å². The molecule has 0 saturated carbocycles. The zero-order valence-electron chi connectivity index (χ0n) is 8.73. The first-order valence-electron chi connectivity index (χ1n) is 4.59. The van der Waals surface area contributed by atoms with Gasteiger partial charge in [-0.25, -0.2) is 4.79 Å². The van der Waals surface area contributed by atoms with Crippen LogP contribution < -0.4 is 16.4 Å². The number of nitrogens with two attached hydrogens (primary N) is 1. The average molecular weight is 229 g/mol. The van der Waals surface area contributed by atoms with Gasteiger partial charge in [-0.1, -0.05) is 6.08 Å². The second kappa shape index (κ2) is 7.41. The number of carboxylic acid groups (broad SMARTS) is 1. The lowest BCUT2D eigenvalue weighted by Gasteiger charge is -2.12. The van der Waals surface area contributed by atoms with Crippen molar-refractivity contribution in [3.05, 3.63) is 12.7 Å². The maximum absolute atomic E-state index is 11.2. The van der Waals surface area contributed by atoms with Gasteiger partial charge < -0.3 is 21.5 Å². The molecule has 0 aliphatic heterocycles. The Morgan fingerprint density at radius 2 is 2.06 bits per heavy atom. The SMILES string of the molecule is C=CCNCC(=O)N[C@H](CC(N)=O)C(=O)O. The fourth-order valence-electron chi connectivity index (χ4n) is 0.934. The van der Waals surface area contributed by atoms with Gasteiger partial charge in [0.15, 0.2) is 0 Å². The van der Waals surface area contributed by atoms with Crippen LogP contribution in [0.4, 0.5) is 0 Å². The van der Waals surface area contributed by atoms with E-state index >= 15 is 0 Å². The van der Waals surface area contributed by atoms with E-state index in [0.717, 1.165) is 0 Å². The molecule has 0 fully saturated rings. The summed E-state index contributed by atoms with van der Waals surface area (Å²) in [4.78, 5) is 32.4. The van der Waals surface area contributed by atoms with Crippen LogP contribution in [0.2, 0.25) is 0 Å². The minimum absolute atomic E-state index is 0.0471. The predicted molar refractivity (Wildman–Crippen MR) is 56.4 cm³/mol. The molecule has 7 nitrogen and oxygen atoms in total. The van der Waals surface area contributed by atoms with Gasteiger partial charge in [-0.2, -0.15) is 0 Å². The Hall–Kier alpha value is -1.89. The highest BCUT2D eigenvalue weighted by molar-refractivity contribution is 5.88. The van der Waals surface area contributed by atoms with E-state index in [1.165, 1.54) is 0 Å². The maximum Gasteiger partial charge on any atom is 0.326 e. The summed E-state index contributed by atoms with van der Waals surface area (Å²) in [6.07, 6.45) is 1.13. The van der Waals surface area contributed by atoms with E-state index in [1.54, 1.807) is 6.08 Å². The summed E-state index contributed by atoms with van der Waals surface area (Å²) in [6.45, 7) is 3.82. The molecule has 90 valence electrons. The van der Waals surface area contributed by atoms with Crippen molar-refractivity contribution in [2.45, 2.75) is 12.5 Å². The number of hydrogen-bond donors (Lipinski definition) is 4. The highest BCUT2D eigenvalue weighted by Crippen LogP contribution is 1.91. The maximum atomic E-state index is 11.2. The number of carboxylic acids is 1. The Balaban J connectivity index is 4.08. The quantitative estimate of drug-likeness (QED) is 0.289. The molecule has 1 atom stereocenters. The average Bonchev–Trinajstić information content (AvgIpc) is 2.16. The summed E-state index contributed by atoms with van der Waals surface area (Å²) in [6, 6.07) is -1.28. The molecule has 0 heterocycles. The molecule has 0 radical (unpaired) electrons. The normalized spacial score (nSPS) is 11.5. The van der Waals surface area contributed by atoms with E-state index in [4.69, 9.17) is 10.8 Å². The Kier molecular flexibility index (Phi) is 6.53. The lowest BCUT2D eigenvalue weighted by atomic mass is 10.2. The second-order valence-electron chi connectivity index (χ2n) is 3.05. The first kappa shape index (κ1) is 14.1. The number of primary amides is 1. The van der Waals surface area contributed by atoms with Crippen molar-refractivity contribution in [2.24, 2.45) is 5.73 Å². The van der Waals surface area contributed by atoms with Crippen LogP contribution in [-0.2, 0) is 14.4 Å². The van der Waals surface area contributed by atoms with Gasteiger partial charge in [-0.05, 0) is 0 Å². The van der Waals surface area contributed by atoms with E-state index in [2.05, 4.69) is 17.2 Å². The molecule has 0 saturated heterocycles. The predicted octanol–water partition coefficient (Wildman–Crippen LogP) is -1.79. The molecule has 2 amide bonds. The molecule has 7 heteroatoms. The molecule has 0 unspecified atom stereocenters. The van der Waals surface area contributed by atoms with Crippen LogP contribution in [-0.4, -0.2) is 42.0 Å². The van der Waals surface area contributed by atoms with Crippen LogP contribution in [0.25, 0.3) is 0 Å². The molecule has 5 N–H and O–H groups in total. The summed E-state index contributed by atoms with van der Waals surface area (Å²) >= 11 is 0. The topological polar surface area (TPSA) is 122 Å². The zero-order valence-corrected chi connectivity index (χ0v) is 8.73. The van der Waals surface area contributed by atoms with Crippen LogP contribution >= 0.6 is 0 Å². The number of rotatable bonds is 8. The standard InChI is InChI=1S/C9H15N3O4/c1-2-3-11-5-8(14)12-6(9(15)16)4-7(10)13/h2,6,11H,1,3-5H2,(H2,10,13)(H,12,14)(H,15,16)/t6-/m1/s1. The van der Waals surface area contributed by atoms with Gasteiger partial charge in [0, 0.05) is 6.54 Å². The molecule has 0 aromatic heterocycles. The summed E-state index contributed by atoms with van der Waals surface area (Å²) in [7, 11) is 0. The first-order chi connectivity index (χ1) is 7.47. The van der Waals surface area contributed by atoms with Crippen LogP contribution in [0.3, 0.4) is 0 Å². The first-order valence-corrected chi connectivity index (χ1v) is 4.59. The Labute approximate surface area is 92.7 Å². The monoisotopic (exact) mass is 229 g/mol. The number of carbonyl (C=O) groups excluding carboxylic acids is 2. The van der Waals surface area contributed by atoms with Crippen LogP contribution in [0.1, 0.15) is 6.42 Å². The van der Waals surface area contributed by atoms with Gasteiger partial charge in [0.2, 0.25) is 11.8 Å². The summed E-state index contributed by atoms with van der Waals surface area (Å²) < 4.78 is 0. The smallest absolute Gasteiger partial charge is 0.326 e.